The van der Waals surface area contributed by atoms with Crippen molar-refractivity contribution in [3.63, 3.8) is 0 Å². The maximum absolute atomic E-state index is 10.7. The average Bonchev–Trinajstić information content (AvgIpc) is 1.89. The Bertz CT molecular complexity index is 3670. The maximum atomic E-state index is 10.7. The SMILES string of the molecule is Cc1c(C)c(C)[c-](C)c1C.Cc1c(C)c(C)[c-](C)c1C.O=S(=O)(O)C(F)(F)F.O=S(=O)(O)C(F)(F)F.O=S(=O)([O-])C(F)(F)F.O=S(=O)([O-])C(F)(F)F.[Rh].[Rh].c1cnc2c(c1)c1nc3c4cccnc4c4ncccc4c3nc1c1cccnc12. The Hall–Kier alpha value is -5.57. The Morgan fingerprint density at radius 2 is 0.524 bits per heavy atom. The van der Waals surface area contributed by atoms with E-state index in [2.05, 4.69) is 89.2 Å². The fourth-order valence-electron chi connectivity index (χ4n) is 7.14. The molecule has 0 saturated heterocycles. The summed E-state index contributed by atoms with van der Waals surface area (Å²) < 4.78 is 233. The molecule has 0 fully saturated rings. The van der Waals surface area contributed by atoms with Gasteiger partial charge in [0.25, 0.3) is 0 Å². The zero-order valence-electron chi connectivity index (χ0n) is 44.4. The summed E-state index contributed by atoms with van der Waals surface area (Å²) in [6.45, 7) is 22.0. The first-order valence-corrected chi connectivity index (χ1v) is 28.0. The van der Waals surface area contributed by atoms with E-state index in [1.54, 1.807) is 24.8 Å². The molecule has 9 aromatic rings. The number of fused-ring (bicyclic) bond motifs is 12. The summed E-state index contributed by atoms with van der Waals surface area (Å²) in [6, 6.07) is 15.8. The van der Waals surface area contributed by atoms with Crippen LogP contribution in [0, 0.1) is 69.2 Å². The van der Waals surface area contributed by atoms with Crippen molar-refractivity contribution < 1.29 is 144 Å². The van der Waals surface area contributed by atoms with Crippen LogP contribution < -0.4 is 0 Å². The number of aromatic nitrogens is 6. The molecule has 9 rings (SSSR count). The minimum absolute atomic E-state index is 0. The van der Waals surface area contributed by atoms with E-state index in [-0.39, 0.29) is 39.0 Å². The zero-order chi connectivity index (χ0) is 63.4. The molecule has 84 heavy (non-hydrogen) atoms. The molecule has 0 atom stereocenters. The molecule has 5 aromatic heterocycles. The number of rotatable bonds is 0. The van der Waals surface area contributed by atoms with Crippen molar-refractivity contribution in [2.24, 2.45) is 0 Å². The maximum Gasteiger partial charge on any atom is 0.522 e. The van der Waals surface area contributed by atoms with Gasteiger partial charge in [-0.05, 0) is 48.5 Å². The third kappa shape index (κ3) is 18.2. The first kappa shape index (κ1) is 76.4. The number of benzene rings is 2. The molecule has 18 nitrogen and oxygen atoms in total. The smallest absolute Gasteiger partial charge is 0.522 e. The average molecular weight is 1460 g/mol. The summed E-state index contributed by atoms with van der Waals surface area (Å²) in [4.78, 5) is 28.7. The fourth-order valence-corrected chi connectivity index (χ4v) is 7.14. The summed E-state index contributed by atoms with van der Waals surface area (Å²) in [7, 11) is -23.9. The summed E-state index contributed by atoms with van der Waals surface area (Å²) in [5, 5.41) is 3.76. The largest absolute Gasteiger partial charge is 0.741 e. The van der Waals surface area contributed by atoms with Gasteiger partial charge in [-0.15, -0.1) is 0 Å². The van der Waals surface area contributed by atoms with Crippen molar-refractivity contribution in [3.05, 3.63) is 129 Å². The van der Waals surface area contributed by atoms with E-state index in [1.165, 1.54) is 55.6 Å². The second kappa shape index (κ2) is 28.3. The van der Waals surface area contributed by atoms with E-state index in [0.29, 0.717) is 0 Å². The third-order valence-corrected chi connectivity index (χ3v) is 14.7. The molecular formula is C48H44F12N6O12Rh2S4-4. The molecule has 468 valence electrons. The van der Waals surface area contributed by atoms with E-state index in [9.17, 15) is 52.7 Å². The predicted octanol–water partition coefficient (Wildman–Crippen LogP) is 11.8. The number of halogens is 12. The Morgan fingerprint density at radius 3 is 0.631 bits per heavy atom. The Kier molecular flexibility index (Phi) is 25.7. The molecule has 0 aliphatic carbocycles. The van der Waals surface area contributed by atoms with Crippen LogP contribution in [0.3, 0.4) is 0 Å². The second-order valence-corrected chi connectivity index (χ2v) is 22.7. The van der Waals surface area contributed by atoms with E-state index < -0.39 is 62.5 Å². The predicted molar refractivity (Wildman–Crippen MR) is 276 cm³/mol. The minimum Gasteiger partial charge on any atom is -0.741 e. The van der Waals surface area contributed by atoms with Gasteiger partial charge in [-0.1, -0.05) is 69.2 Å². The van der Waals surface area contributed by atoms with Gasteiger partial charge in [0.2, 0.25) is 0 Å². The molecule has 2 N–H and O–H groups in total. The summed E-state index contributed by atoms with van der Waals surface area (Å²) in [6.07, 6.45) is 7.15. The van der Waals surface area contributed by atoms with Gasteiger partial charge in [0, 0.05) is 85.3 Å². The van der Waals surface area contributed by atoms with Crippen molar-refractivity contribution in [3.8, 4) is 0 Å². The van der Waals surface area contributed by atoms with Gasteiger partial charge in [-0.2, -0.15) is 125 Å². The van der Waals surface area contributed by atoms with Crippen LogP contribution in [0.15, 0.2) is 73.3 Å². The van der Waals surface area contributed by atoms with Crippen LogP contribution >= 0.6 is 0 Å². The van der Waals surface area contributed by atoms with Crippen LogP contribution in [0.2, 0.25) is 0 Å². The second-order valence-electron chi connectivity index (χ2n) is 17.1. The minimum atomic E-state index is -6.09. The molecular weight excluding hydrogens is 1410 g/mol. The van der Waals surface area contributed by atoms with Gasteiger partial charge >= 0.3 is 42.3 Å². The van der Waals surface area contributed by atoms with Crippen LogP contribution in [0.5, 0.6) is 0 Å². The molecule has 36 heteroatoms. The first-order chi connectivity index (χ1) is 37.0. The molecule has 0 saturated carbocycles. The van der Waals surface area contributed by atoms with Crippen LogP contribution in [0.4, 0.5) is 52.7 Å². The molecule has 0 unspecified atom stereocenters. The van der Waals surface area contributed by atoms with Crippen molar-refractivity contribution in [2.45, 2.75) is 91.3 Å². The van der Waals surface area contributed by atoms with Crippen LogP contribution in [0.25, 0.3) is 65.7 Å². The quantitative estimate of drug-likeness (QED) is 0.0271. The van der Waals surface area contributed by atoms with Gasteiger partial charge in [0.15, 0.2) is 20.2 Å². The molecule has 2 radical (unpaired) electrons. The monoisotopic (exact) mass is 1460 g/mol. The van der Waals surface area contributed by atoms with Gasteiger partial charge in [-0.3, -0.25) is 29.0 Å². The van der Waals surface area contributed by atoms with Crippen LogP contribution in [-0.4, -0.2) is 104 Å². The molecule has 0 spiro atoms. The summed E-state index contributed by atoms with van der Waals surface area (Å²) in [5.74, 6) is 0. The number of nitrogens with zero attached hydrogens (tertiary/aromatic N) is 6. The van der Waals surface area contributed by atoms with E-state index >= 15 is 0 Å². The van der Waals surface area contributed by atoms with E-state index in [1.807, 2.05) is 48.5 Å². The number of hydrogen-bond acceptors (Lipinski definition) is 16. The van der Waals surface area contributed by atoms with Gasteiger partial charge in [0.1, 0.15) is 0 Å². The molecule has 4 aromatic carbocycles. The van der Waals surface area contributed by atoms with Crippen LogP contribution in [0.1, 0.15) is 55.6 Å². The molecule has 0 bridgehead atoms. The summed E-state index contributed by atoms with van der Waals surface area (Å²) in [5.41, 5.74) is -1.08. The molecule has 0 amide bonds. The van der Waals surface area contributed by atoms with Crippen molar-refractivity contribution in [1.82, 2.24) is 29.9 Å². The van der Waals surface area contributed by atoms with Gasteiger partial charge < -0.3 is 9.11 Å². The standard InChI is InChI=1S/C24H12N6.2C10H15.4CHF3O3S.2Rh/c1-5-13-17(25-9-1)18-14(6-2-10-26-18)22-21(13)29-23-15-7-3-11-27-19(15)20-16(24(23)30-22)8-4-12-28-20;2*1-6-7(2)9(4)10(5)8(6)3;4*2-1(3,4)8(5,6)7;;/h1-12H;2*1-5H3;4*(H,5,6,7);;/q;2*-1;;;;;;/p-2. The number of alkyl halides is 12. The Labute approximate surface area is 496 Å². The molecule has 0 aliphatic rings. The van der Waals surface area contributed by atoms with Gasteiger partial charge in [-0.25, -0.2) is 26.8 Å². The first-order valence-electron chi connectivity index (χ1n) is 22.3. The molecule has 5 heterocycles. The van der Waals surface area contributed by atoms with Crippen LogP contribution in [-0.2, 0) is 79.4 Å². The number of pyridine rings is 4. The van der Waals surface area contributed by atoms with Crippen molar-refractivity contribution >= 4 is 106 Å². The Balaban J connectivity index is 0.000000548. The van der Waals surface area contributed by atoms with Crippen molar-refractivity contribution in [1.29, 1.82) is 0 Å². The fraction of sp³-hybridized carbons (Fsp3) is 0.292. The Morgan fingerprint density at radius 1 is 0.369 bits per heavy atom. The van der Waals surface area contributed by atoms with Gasteiger partial charge in [0.05, 0.1) is 44.1 Å². The normalized spacial score (nSPS) is 12.1. The third-order valence-electron chi connectivity index (χ3n) is 12.4. The molecule has 0 aliphatic heterocycles. The van der Waals surface area contributed by atoms with Crippen molar-refractivity contribution in [2.75, 3.05) is 0 Å². The number of hydrogen-bond donors (Lipinski definition) is 2. The van der Waals surface area contributed by atoms with E-state index in [0.717, 1.165) is 65.7 Å². The zero-order valence-corrected chi connectivity index (χ0v) is 51.0. The topological polar surface area (TPSA) is 300 Å². The summed E-state index contributed by atoms with van der Waals surface area (Å²) >= 11 is 0. The van der Waals surface area contributed by atoms with E-state index in [4.69, 9.17) is 61.9 Å².